The molecule has 3 aliphatic rings. The summed E-state index contributed by atoms with van der Waals surface area (Å²) in [4.78, 5) is 42.3. The van der Waals surface area contributed by atoms with Crippen LogP contribution in [-0.4, -0.2) is 77.6 Å². The molecule has 2 heterocycles. The zero-order valence-electron chi connectivity index (χ0n) is 17.8. The Morgan fingerprint density at radius 2 is 1.56 bits per heavy atom. The van der Waals surface area contributed by atoms with E-state index < -0.39 is 5.60 Å². The molecule has 2 aromatic carbocycles. The quantitative estimate of drug-likeness (QED) is 0.766. The lowest BCUT2D eigenvalue weighted by Crippen LogP contribution is -2.53. The summed E-state index contributed by atoms with van der Waals surface area (Å²) in [5.74, 6) is -0.265. The molecule has 0 radical (unpaired) electrons. The van der Waals surface area contributed by atoms with Gasteiger partial charge in [-0.05, 0) is 48.2 Å². The van der Waals surface area contributed by atoms with Crippen LogP contribution in [0, 0.1) is 0 Å². The van der Waals surface area contributed by atoms with E-state index in [1.807, 2.05) is 48.5 Å². The van der Waals surface area contributed by atoms with Crippen LogP contribution in [0.3, 0.4) is 0 Å². The van der Waals surface area contributed by atoms with Crippen molar-refractivity contribution < 1.29 is 19.5 Å². The Morgan fingerprint density at radius 3 is 2.19 bits per heavy atom. The molecule has 4 amide bonds. The second-order valence-corrected chi connectivity index (χ2v) is 8.63. The van der Waals surface area contributed by atoms with Crippen LogP contribution in [0.15, 0.2) is 48.5 Å². The monoisotopic (exact) mass is 434 g/mol. The fraction of sp³-hybridized carbons (Fsp3) is 0.375. The van der Waals surface area contributed by atoms with Crippen molar-refractivity contribution in [2.45, 2.75) is 18.4 Å². The van der Waals surface area contributed by atoms with Crippen LogP contribution in [0.4, 0.5) is 10.5 Å². The van der Waals surface area contributed by atoms with Gasteiger partial charge in [0.2, 0.25) is 0 Å². The summed E-state index contributed by atoms with van der Waals surface area (Å²) in [5, 5.41) is 12.8. The minimum absolute atomic E-state index is 0.0590. The maximum Gasteiger partial charge on any atom is 0.321 e. The maximum absolute atomic E-state index is 12.9. The average molecular weight is 434 g/mol. The van der Waals surface area contributed by atoms with Gasteiger partial charge in [0.1, 0.15) is 5.60 Å². The van der Waals surface area contributed by atoms with E-state index >= 15 is 0 Å². The minimum atomic E-state index is -1.15. The first-order valence-corrected chi connectivity index (χ1v) is 11.0. The van der Waals surface area contributed by atoms with Crippen LogP contribution >= 0.6 is 0 Å². The van der Waals surface area contributed by atoms with E-state index in [4.69, 9.17) is 0 Å². The third kappa shape index (κ3) is 3.82. The first-order valence-electron chi connectivity index (χ1n) is 11.0. The summed E-state index contributed by atoms with van der Waals surface area (Å²) in [6.45, 7) is 3.10. The number of hydrogen-bond donors (Lipinski definition) is 2. The number of benzene rings is 2. The van der Waals surface area contributed by atoms with Crippen molar-refractivity contribution in [3.63, 3.8) is 0 Å². The van der Waals surface area contributed by atoms with E-state index in [0.29, 0.717) is 57.7 Å². The van der Waals surface area contributed by atoms with Gasteiger partial charge in [-0.15, -0.1) is 0 Å². The predicted octanol–water partition coefficient (Wildman–Crippen LogP) is 1.69. The van der Waals surface area contributed by atoms with Gasteiger partial charge in [0, 0.05) is 50.5 Å². The highest BCUT2D eigenvalue weighted by Gasteiger charge is 2.50. The lowest BCUT2D eigenvalue weighted by Gasteiger charge is -2.35. The Balaban J connectivity index is 1.24. The number of nitrogens with zero attached hydrogens (tertiary/aromatic N) is 3. The molecule has 0 aromatic heterocycles. The van der Waals surface area contributed by atoms with Crippen LogP contribution < -0.4 is 10.2 Å². The first kappa shape index (κ1) is 20.5. The Labute approximate surface area is 186 Å². The summed E-state index contributed by atoms with van der Waals surface area (Å²) in [6, 6.07) is 15.2. The SMILES string of the molecule is O=C(c1ccc(-c2cccc(N3CCNC3=O)c2)cc1)N1CCN(C(=O)C2(O)CC2)CC1. The van der Waals surface area contributed by atoms with E-state index in [2.05, 4.69) is 5.32 Å². The molecule has 0 atom stereocenters. The fourth-order valence-corrected chi connectivity index (χ4v) is 4.30. The number of anilines is 1. The van der Waals surface area contributed by atoms with Crippen molar-refractivity contribution in [2.75, 3.05) is 44.2 Å². The number of carbonyl (C=O) groups is 3. The number of carbonyl (C=O) groups excluding carboxylic acids is 3. The van der Waals surface area contributed by atoms with Crippen LogP contribution in [0.1, 0.15) is 23.2 Å². The van der Waals surface area contributed by atoms with Gasteiger partial charge in [-0.3, -0.25) is 14.5 Å². The van der Waals surface area contributed by atoms with Crippen molar-refractivity contribution >= 4 is 23.5 Å². The minimum Gasteiger partial charge on any atom is -0.380 e. The van der Waals surface area contributed by atoms with Gasteiger partial charge in [0.05, 0.1) is 0 Å². The van der Waals surface area contributed by atoms with Gasteiger partial charge in [0.15, 0.2) is 0 Å². The maximum atomic E-state index is 12.9. The Bertz CT molecular complexity index is 1060. The summed E-state index contributed by atoms with van der Waals surface area (Å²) in [5.41, 5.74) is 2.24. The van der Waals surface area contributed by atoms with Gasteiger partial charge in [-0.25, -0.2) is 4.79 Å². The Kier molecular flexibility index (Phi) is 5.09. The highest BCUT2D eigenvalue weighted by molar-refractivity contribution is 5.96. The molecule has 2 saturated heterocycles. The van der Waals surface area contributed by atoms with E-state index in [9.17, 15) is 19.5 Å². The Hall–Kier alpha value is -3.39. The number of urea groups is 1. The Morgan fingerprint density at radius 1 is 0.875 bits per heavy atom. The highest BCUT2D eigenvalue weighted by Crippen LogP contribution is 2.37. The molecule has 8 nitrogen and oxygen atoms in total. The molecule has 1 aliphatic carbocycles. The molecular weight excluding hydrogens is 408 g/mol. The molecule has 2 aliphatic heterocycles. The molecule has 8 heteroatoms. The molecule has 2 aromatic rings. The third-order valence-corrected chi connectivity index (χ3v) is 6.46. The molecule has 0 unspecified atom stereocenters. The number of amides is 4. The summed E-state index contributed by atoms with van der Waals surface area (Å²) < 4.78 is 0. The average Bonchev–Trinajstić information content (AvgIpc) is 3.45. The van der Waals surface area contributed by atoms with Crippen LogP contribution in [-0.2, 0) is 4.79 Å². The molecule has 0 bridgehead atoms. The number of piperazine rings is 1. The second kappa shape index (κ2) is 7.94. The van der Waals surface area contributed by atoms with E-state index in [1.54, 1.807) is 14.7 Å². The lowest BCUT2D eigenvalue weighted by atomic mass is 10.0. The zero-order valence-corrected chi connectivity index (χ0v) is 17.8. The zero-order chi connectivity index (χ0) is 22.3. The van der Waals surface area contributed by atoms with Gasteiger partial charge in [-0.2, -0.15) is 0 Å². The largest absolute Gasteiger partial charge is 0.380 e. The highest BCUT2D eigenvalue weighted by atomic mass is 16.3. The molecule has 1 saturated carbocycles. The van der Waals surface area contributed by atoms with Crippen molar-refractivity contribution in [3.8, 4) is 11.1 Å². The van der Waals surface area contributed by atoms with Crippen molar-refractivity contribution in [2.24, 2.45) is 0 Å². The van der Waals surface area contributed by atoms with E-state index in [-0.39, 0.29) is 17.8 Å². The standard InChI is InChI=1S/C24H26N4O4/c29-21(26-12-14-27(15-13-26)22(30)24(32)8-9-24)18-6-4-17(5-7-18)19-2-1-3-20(16-19)28-11-10-25-23(28)31/h1-7,16,32H,8-15H2,(H,25,31). The second-order valence-electron chi connectivity index (χ2n) is 8.63. The predicted molar refractivity (Wildman–Crippen MR) is 119 cm³/mol. The summed E-state index contributed by atoms with van der Waals surface area (Å²) >= 11 is 0. The van der Waals surface area contributed by atoms with Crippen LogP contribution in [0.5, 0.6) is 0 Å². The smallest absolute Gasteiger partial charge is 0.321 e. The molecular formula is C24H26N4O4. The molecule has 5 rings (SSSR count). The van der Waals surface area contributed by atoms with Crippen molar-refractivity contribution in [1.82, 2.24) is 15.1 Å². The van der Waals surface area contributed by atoms with Gasteiger partial charge >= 0.3 is 6.03 Å². The molecule has 0 spiro atoms. The summed E-state index contributed by atoms with van der Waals surface area (Å²) in [6.07, 6.45) is 1.07. The third-order valence-electron chi connectivity index (χ3n) is 6.46. The molecule has 3 fully saturated rings. The number of aliphatic hydroxyl groups is 1. The van der Waals surface area contributed by atoms with Crippen LogP contribution in [0.25, 0.3) is 11.1 Å². The van der Waals surface area contributed by atoms with Gasteiger partial charge < -0.3 is 20.2 Å². The molecule has 32 heavy (non-hydrogen) atoms. The topological polar surface area (TPSA) is 93.2 Å². The van der Waals surface area contributed by atoms with Crippen molar-refractivity contribution in [3.05, 3.63) is 54.1 Å². The van der Waals surface area contributed by atoms with Crippen LogP contribution in [0.2, 0.25) is 0 Å². The number of rotatable bonds is 4. The normalized spacial score (nSPS) is 19.7. The molecule has 166 valence electrons. The summed E-state index contributed by atoms with van der Waals surface area (Å²) in [7, 11) is 0. The molecule has 2 N–H and O–H groups in total. The first-order chi connectivity index (χ1) is 15.4. The number of nitrogens with one attached hydrogen (secondary N) is 1. The van der Waals surface area contributed by atoms with E-state index in [0.717, 1.165) is 16.8 Å². The fourth-order valence-electron chi connectivity index (χ4n) is 4.30. The van der Waals surface area contributed by atoms with Crippen molar-refractivity contribution in [1.29, 1.82) is 0 Å². The number of hydrogen-bond acceptors (Lipinski definition) is 4. The van der Waals surface area contributed by atoms with Gasteiger partial charge in [-0.1, -0.05) is 24.3 Å². The van der Waals surface area contributed by atoms with Gasteiger partial charge in [0.25, 0.3) is 11.8 Å². The lowest BCUT2D eigenvalue weighted by molar-refractivity contribution is -0.143. The van der Waals surface area contributed by atoms with E-state index in [1.165, 1.54) is 0 Å².